The molecule has 2 nitrogen and oxygen atoms in total. The smallest absolute Gasteiger partial charge is 0.0208 e. The molecule has 0 heterocycles. The van der Waals surface area contributed by atoms with E-state index in [1.165, 1.54) is 67.4 Å². The van der Waals surface area contributed by atoms with E-state index in [4.69, 9.17) is 0 Å². The van der Waals surface area contributed by atoms with Crippen molar-refractivity contribution in [2.24, 2.45) is 11.8 Å². The van der Waals surface area contributed by atoms with Crippen molar-refractivity contribution in [2.75, 3.05) is 13.1 Å². The third kappa shape index (κ3) is 13.9. The van der Waals surface area contributed by atoms with Gasteiger partial charge in [0.1, 0.15) is 0 Å². The van der Waals surface area contributed by atoms with Gasteiger partial charge >= 0.3 is 0 Å². The van der Waals surface area contributed by atoms with Crippen LogP contribution in [-0.4, -0.2) is 13.1 Å². The standard InChI is InChI=1S/C26H38N2.C3H8.2C2H6/c1-3-23-9-5-7-11-25(23)19-27-17-21-13-15-22(16-14-21)18-28-20-26-12-8-6-10-24(26)4-2;1-3-2;2*1-2/h5-12,21-22,27-28H,3-4,13-20H2,1-2H3;3H2,1-2H3;2*1-2H3. The highest BCUT2D eigenvalue weighted by Crippen LogP contribution is 2.28. The Hall–Kier alpha value is -1.64. The molecule has 0 radical (unpaired) electrons. The number of nitrogens with one attached hydrogen (secondary N) is 2. The van der Waals surface area contributed by atoms with Crippen LogP contribution in [0.2, 0.25) is 0 Å². The van der Waals surface area contributed by atoms with Crippen LogP contribution in [0.3, 0.4) is 0 Å². The lowest BCUT2D eigenvalue weighted by Crippen LogP contribution is -2.30. The van der Waals surface area contributed by atoms with Crippen LogP contribution in [0.1, 0.15) is 110 Å². The summed E-state index contributed by atoms with van der Waals surface area (Å²) in [5, 5.41) is 7.45. The summed E-state index contributed by atoms with van der Waals surface area (Å²) in [6.07, 6.45) is 9.00. The van der Waals surface area contributed by atoms with Gasteiger partial charge in [-0.25, -0.2) is 0 Å². The van der Waals surface area contributed by atoms with Gasteiger partial charge < -0.3 is 10.6 Å². The van der Waals surface area contributed by atoms with Gasteiger partial charge in [-0.3, -0.25) is 0 Å². The molecule has 35 heavy (non-hydrogen) atoms. The number of aryl methyl sites for hydroxylation is 2. The van der Waals surface area contributed by atoms with E-state index in [9.17, 15) is 0 Å². The van der Waals surface area contributed by atoms with Gasteiger partial charge in [0.25, 0.3) is 0 Å². The Labute approximate surface area is 219 Å². The zero-order valence-electron chi connectivity index (χ0n) is 24.6. The Morgan fingerprint density at radius 3 is 1.11 bits per heavy atom. The Bertz CT molecular complexity index is 655. The van der Waals surface area contributed by atoms with E-state index in [-0.39, 0.29) is 0 Å². The fraction of sp³-hybridized carbons (Fsp3) is 0.636. The molecule has 0 bridgehead atoms. The number of hydrogen-bond acceptors (Lipinski definition) is 2. The predicted molar refractivity (Wildman–Crippen MR) is 159 cm³/mol. The average molecular weight is 483 g/mol. The van der Waals surface area contributed by atoms with Crippen molar-refractivity contribution >= 4 is 0 Å². The van der Waals surface area contributed by atoms with Gasteiger partial charge in [-0.05, 0) is 85.7 Å². The fourth-order valence-corrected chi connectivity index (χ4v) is 4.61. The van der Waals surface area contributed by atoms with E-state index < -0.39 is 0 Å². The Morgan fingerprint density at radius 2 is 0.829 bits per heavy atom. The van der Waals surface area contributed by atoms with Gasteiger partial charge in [0.05, 0.1) is 0 Å². The van der Waals surface area contributed by atoms with Gasteiger partial charge in [-0.1, -0.05) is 110 Å². The minimum atomic E-state index is 0.853. The molecule has 1 fully saturated rings. The highest BCUT2D eigenvalue weighted by Gasteiger charge is 2.20. The summed E-state index contributed by atoms with van der Waals surface area (Å²) in [5.74, 6) is 1.71. The molecule has 0 aliphatic heterocycles. The fourth-order valence-electron chi connectivity index (χ4n) is 4.61. The summed E-state index contributed by atoms with van der Waals surface area (Å²) in [4.78, 5) is 0. The van der Waals surface area contributed by atoms with E-state index >= 15 is 0 Å². The normalized spacial score (nSPS) is 16.6. The van der Waals surface area contributed by atoms with Crippen molar-refractivity contribution in [3.05, 3.63) is 70.8 Å². The maximum atomic E-state index is 3.72. The molecular formula is C33H58N2. The highest BCUT2D eigenvalue weighted by atomic mass is 14.9. The largest absolute Gasteiger partial charge is 0.312 e. The van der Waals surface area contributed by atoms with Gasteiger partial charge in [0, 0.05) is 13.1 Å². The highest BCUT2D eigenvalue weighted by molar-refractivity contribution is 5.27. The van der Waals surface area contributed by atoms with Crippen LogP contribution in [0.4, 0.5) is 0 Å². The van der Waals surface area contributed by atoms with Crippen molar-refractivity contribution in [2.45, 2.75) is 113 Å². The first-order chi connectivity index (χ1) is 17.2. The molecule has 1 aliphatic rings. The van der Waals surface area contributed by atoms with Gasteiger partial charge in [0.2, 0.25) is 0 Å². The summed E-state index contributed by atoms with van der Waals surface area (Å²) in [6, 6.07) is 17.7. The number of rotatable bonds is 10. The molecule has 0 aromatic heterocycles. The van der Waals surface area contributed by atoms with Crippen LogP contribution >= 0.6 is 0 Å². The molecule has 2 aromatic rings. The van der Waals surface area contributed by atoms with E-state index in [2.05, 4.69) is 86.9 Å². The topological polar surface area (TPSA) is 24.1 Å². The molecule has 2 N–H and O–H groups in total. The molecule has 0 atom stereocenters. The maximum Gasteiger partial charge on any atom is 0.0208 e. The van der Waals surface area contributed by atoms with Crippen LogP contribution in [0.25, 0.3) is 0 Å². The van der Waals surface area contributed by atoms with E-state index in [1.807, 2.05) is 27.7 Å². The Kier molecular flexibility index (Phi) is 21.7. The van der Waals surface area contributed by atoms with Crippen molar-refractivity contribution in [1.29, 1.82) is 0 Å². The lowest BCUT2D eigenvalue weighted by atomic mass is 9.82. The summed E-state index contributed by atoms with van der Waals surface area (Å²) < 4.78 is 0. The first kappa shape index (κ1) is 33.4. The van der Waals surface area contributed by atoms with Crippen molar-refractivity contribution in [3.8, 4) is 0 Å². The second-order valence-corrected chi connectivity index (χ2v) is 9.10. The molecule has 0 saturated heterocycles. The molecule has 0 spiro atoms. The predicted octanol–water partition coefficient (Wildman–Crippen LogP) is 8.97. The first-order valence-electron chi connectivity index (χ1n) is 14.8. The molecule has 2 aromatic carbocycles. The molecule has 200 valence electrons. The number of hydrogen-bond donors (Lipinski definition) is 2. The van der Waals surface area contributed by atoms with E-state index in [1.54, 1.807) is 0 Å². The molecule has 2 heteroatoms. The summed E-state index contributed by atoms with van der Waals surface area (Å²) in [6.45, 7) is 21.1. The van der Waals surface area contributed by atoms with Crippen molar-refractivity contribution in [3.63, 3.8) is 0 Å². The lowest BCUT2D eigenvalue weighted by Gasteiger charge is -2.29. The Morgan fingerprint density at radius 1 is 0.543 bits per heavy atom. The van der Waals surface area contributed by atoms with Crippen LogP contribution in [0.5, 0.6) is 0 Å². The quantitative estimate of drug-likeness (QED) is 0.353. The lowest BCUT2D eigenvalue weighted by molar-refractivity contribution is 0.260. The third-order valence-corrected chi connectivity index (χ3v) is 6.46. The minimum Gasteiger partial charge on any atom is -0.312 e. The molecular weight excluding hydrogens is 424 g/mol. The van der Waals surface area contributed by atoms with E-state index in [0.29, 0.717) is 0 Å². The summed E-state index contributed by atoms with van der Waals surface area (Å²) in [5.41, 5.74) is 5.90. The molecule has 1 saturated carbocycles. The Balaban J connectivity index is 0.00000150. The van der Waals surface area contributed by atoms with Crippen LogP contribution < -0.4 is 10.6 Å². The molecule has 0 unspecified atom stereocenters. The molecule has 3 rings (SSSR count). The minimum absolute atomic E-state index is 0.853. The van der Waals surface area contributed by atoms with E-state index in [0.717, 1.165) is 37.8 Å². The average Bonchev–Trinajstić information content (AvgIpc) is 2.93. The van der Waals surface area contributed by atoms with Gasteiger partial charge in [-0.2, -0.15) is 0 Å². The summed E-state index contributed by atoms with van der Waals surface area (Å²) in [7, 11) is 0. The molecule has 1 aliphatic carbocycles. The van der Waals surface area contributed by atoms with Crippen LogP contribution in [0.15, 0.2) is 48.5 Å². The van der Waals surface area contributed by atoms with Crippen LogP contribution in [-0.2, 0) is 25.9 Å². The summed E-state index contributed by atoms with van der Waals surface area (Å²) >= 11 is 0. The third-order valence-electron chi connectivity index (χ3n) is 6.46. The maximum absolute atomic E-state index is 3.72. The second-order valence-electron chi connectivity index (χ2n) is 9.10. The van der Waals surface area contributed by atoms with Gasteiger partial charge in [-0.15, -0.1) is 0 Å². The monoisotopic (exact) mass is 482 g/mol. The zero-order valence-corrected chi connectivity index (χ0v) is 24.6. The number of benzene rings is 2. The zero-order chi connectivity index (χ0) is 26.3. The van der Waals surface area contributed by atoms with Crippen molar-refractivity contribution in [1.82, 2.24) is 10.6 Å². The first-order valence-corrected chi connectivity index (χ1v) is 14.8. The van der Waals surface area contributed by atoms with Crippen molar-refractivity contribution < 1.29 is 0 Å². The SMILES string of the molecule is CC.CC.CCC.CCc1ccccc1CNCC1CCC(CNCc2ccccc2CC)CC1. The van der Waals surface area contributed by atoms with Gasteiger partial charge in [0.15, 0.2) is 0 Å². The second kappa shape index (κ2) is 22.8. The van der Waals surface area contributed by atoms with Crippen LogP contribution in [0, 0.1) is 11.8 Å². The molecule has 0 amide bonds.